The fourth-order valence-corrected chi connectivity index (χ4v) is 2.74. The molecule has 1 fully saturated rings. The molecular formula is C12H14F2LrN2O2S-2. The van der Waals surface area contributed by atoms with E-state index in [4.69, 9.17) is 4.74 Å². The van der Waals surface area contributed by atoms with E-state index in [1.165, 1.54) is 11.3 Å². The van der Waals surface area contributed by atoms with Crippen LogP contribution in [-0.2, 0) is 22.6 Å². The molecule has 8 heteroatoms. The molecule has 3 rings (SSSR count). The van der Waals surface area contributed by atoms with Gasteiger partial charge in [-0.3, -0.25) is 0 Å². The van der Waals surface area contributed by atoms with Gasteiger partial charge in [-0.1, -0.05) is 0 Å². The van der Waals surface area contributed by atoms with Gasteiger partial charge in [0.2, 0.25) is 5.92 Å². The van der Waals surface area contributed by atoms with E-state index < -0.39 is 5.92 Å². The molecule has 1 radical (unpaired) electrons. The predicted molar refractivity (Wildman–Crippen MR) is 67.9 cm³/mol. The van der Waals surface area contributed by atoms with Gasteiger partial charge >= 0.3 is 0 Å². The Bertz CT molecular complexity index is 412. The first-order valence-electron chi connectivity index (χ1n) is 6.00. The van der Waals surface area contributed by atoms with Gasteiger partial charge in [0.05, 0.1) is 19.6 Å². The molecule has 0 atom stereocenters. The maximum Gasteiger partial charge on any atom is 0.219 e. The van der Waals surface area contributed by atoms with Crippen molar-refractivity contribution in [2.24, 2.45) is 0 Å². The van der Waals surface area contributed by atoms with Crippen LogP contribution in [0.15, 0.2) is 0 Å². The topological polar surface area (TPSA) is 51.2 Å². The molecule has 0 unspecified atom stereocenters. The zero-order valence-electron chi connectivity index (χ0n) is 10.5. The maximum atomic E-state index is 11.9. The van der Waals surface area contributed by atoms with Gasteiger partial charge in [0.15, 0.2) is 0 Å². The van der Waals surface area contributed by atoms with Crippen molar-refractivity contribution < 1.29 is 18.3 Å². The van der Waals surface area contributed by atoms with Crippen molar-refractivity contribution in [3.63, 3.8) is 0 Å². The zero-order valence-corrected chi connectivity index (χ0v) is 13.5. The van der Waals surface area contributed by atoms with Crippen LogP contribution < -0.4 is 5.32 Å². The van der Waals surface area contributed by atoms with Gasteiger partial charge in [-0.2, -0.15) is 6.42 Å². The molecule has 0 saturated heterocycles. The molecule has 1 aromatic heterocycles. The van der Waals surface area contributed by atoms with E-state index in [0.717, 1.165) is 23.6 Å². The molecule has 1 amide bonds. The monoisotopic (exact) mass is 550 g/mol. The molecule has 121 valence electrons. The molecule has 0 bridgehead atoms. The third-order valence-electron chi connectivity index (χ3n) is 2.81. The van der Waals surface area contributed by atoms with Crippen LogP contribution in [0.2, 0.25) is 0 Å². The minimum absolute atomic E-state index is 0. The number of alkyl halides is 2. The molecule has 4 nitrogen and oxygen atoms in total. The van der Waals surface area contributed by atoms with Crippen molar-refractivity contribution in [2.45, 2.75) is 38.2 Å². The van der Waals surface area contributed by atoms with Crippen molar-refractivity contribution in [2.75, 3.05) is 11.9 Å². The first-order chi connectivity index (χ1) is 9.11. The second-order valence-corrected chi connectivity index (χ2v) is 5.39. The minimum atomic E-state index is -2.36. The number of anilines is 1. The van der Waals surface area contributed by atoms with Gasteiger partial charge in [0.25, 0.3) is 0 Å². The predicted octanol–water partition coefficient (Wildman–Crippen LogP) is 2.70. The number of fused-ring (bicyclic) bond motifs is 1. The Kier molecular flexibility index (Phi) is 5.52. The van der Waals surface area contributed by atoms with Gasteiger partial charge in [0, 0.05) is 22.1 Å². The van der Waals surface area contributed by atoms with E-state index in [1.54, 1.807) is 12.8 Å². The van der Waals surface area contributed by atoms with Crippen LogP contribution >= 0.6 is 11.3 Å². The molecule has 1 aromatic rings. The fourth-order valence-electron chi connectivity index (χ4n) is 1.85. The SMILES string of the molecule is FC1(F)C[CH-]CC1.O=[C-]Nc1nc2c(s1)COCC2.[Lr]. The molecule has 0 spiro atoms. The van der Waals surface area contributed by atoms with Gasteiger partial charge in [-0.15, -0.1) is 6.42 Å². The second-order valence-electron chi connectivity index (χ2n) is 4.31. The van der Waals surface area contributed by atoms with Crippen molar-refractivity contribution in [1.82, 2.24) is 4.98 Å². The van der Waals surface area contributed by atoms with Gasteiger partial charge in [-0.25, -0.2) is 20.1 Å². The van der Waals surface area contributed by atoms with Crippen LogP contribution in [0.3, 0.4) is 0 Å². The molecule has 2 heterocycles. The Morgan fingerprint density at radius 3 is 2.80 bits per heavy atom. The Balaban J connectivity index is 0.000000216. The van der Waals surface area contributed by atoms with Gasteiger partial charge in [0.1, 0.15) is 0 Å². The largest absolute Gasteiger partial charge is 0.467 e. The first-order valence-corrected chi connectivity index (χ1v) is 6.81. The van der Waals surface area contributed by atoms with E-state index in [1.807, 2.05) is 0 Å². The standard InChI is InChI=1S/C7H7N2O2S.C5H7F2.Lr/c10-4-8-7-9-5-1-2-11-3-6(5)12-7;6-5(7)3-1-2-4-5;/h1-3H2,(H,8,9,10);1H,2-4H2;/q2*-1;. The van der Waals surface area contributed by atoms with Crippen LogP contribution in [0.1, 0.15) is 29.8 Å². The molecule has 1 N–H and O–H groups in total. The molecule has 20 heavy (non-hydrogen) atoms. The number of rotatable bonds is 2. The average Bonchev–Trinajstić information content (AvgIpc) is 2.95. The van der Waals surface area contributed by atoms with Crippen molar-refractivity contribution in [3.05, 3.63) is 17.0 Å². The number of nitrogens with zero attached hydrogens (tertiary/aromatic N) is 1. The summed E-state index contributed by atoms with van der Waals surface area (Å²) in [6.07, 6.45) is 4.72. The number of nitrogens with one attached hydrogen (secondary N) is 1. The summed E-state index contributed by atoms with van der Waals surface area (Å²) < 4.78 is 29.1. The second kappa shape index (κ2) is 6.91. The molecule has 1 saturated carbocycles. The van der Waals surface area contributed by atoms with E-state index in [-0.39, 0.29) is 12.8 Å². The number of aromatic nitrogens is 1. The normalized spacial score (nSPS) is 19.1. The summed E-state index contributed by atoms with van der Waals surface area (Å²) in [5.74, 6) is -2.36. The summed E-state index contributed by atoms with van der Waals surface area (Å²) in [6, 6.07) is 0. The van der Waals surface area contributed by atoms with Crippen LogP contribution in [0.5, 0.6) is 0 Å². The van der Waals surface area contributed by atoms with Crippen molar-refractivity contribution in [1.29, 1.82) is 0 Å². The summed E-state index contributed by atoms with van der Waals surface area (Å²) >= 11 is 1.45. The number of thiazole rings is 1. The number of ether oxygens (including phenoxy) is 1. The molecule has 1 aliphatic carbocycles. The van der Waals surface area contributed by atoms with Gasteiger partial charge < -0.3 is 26.3 Å². The summed E-state index contributed by atoms with van der Waals surface area (Å²) in [5.41, 5.74) is 1.05. The summed E-state index contributed by atoms with van der Waals surface area (Å²) in [5, 5.41) is 3.02. The van der Waals surface area contributed by atoms with E-state index >= 15 is 0 Å². The van der Waals surface area contributed by atoms with Crippen LogP contribution in [0, 0.1) is 6.42 Å². The van der Waals surface area contributed by atoms with E-state index in [9.17, 15) is 13.6 Å². The summed E-state index contributed by atoms with van der Waals surface area (Å²) in [7, 11) is 0. The van der Waals surface area contributed by atoms with Crippen LogP contribution in [0.4, 0.5) is 13.9 Å². The Hall–Kier alpha value is -2.08. The van der Waals surface area contributed by atoms with Crippen LogP contribution in [0.25, 0.3) is 0 Å². The Morgan fingerprint density at radius 1 is 1.50 bits per heavy atom. The van der Waals surface area contributed by atoms with Crippen molar-refractivity contribution >= 4 is 22.9 Å². The van der Waals surface area contributed by atoms with Gasteiger partial charge in [-0.05, 0) is 6.42 Å². The van der Waals surface area contributed by atoms with E-state index in [2.05, 4.69) is 10.3 Å². The average molecular weight is 550 g/mol. The third-order valence-corrected chi connectivity index (χ3v) is 3.80. The van der Waals surface area contributed by atoms with Crippen LogP contribution in [-0.4, -0.2) is 23.9 Å². The fraction of sp³-hybridized carbons (Fsp3) is 0.583. The number of amides is 1. The maximum absolute atomic E-state index is 11.9. The Morgan fingerprint density at radius 2 is 2.30 bits per heavy atom. The number of hydrogen-bond acceptors (Lipinski definition) is 4. The third kappa shape index (κ3) is 4.24. The van der Waals surface area contributed by atoms with Crippen molar-refractivity contribution in [3.8, 4) is 0 Å². The quantitative estimate of drug-likeness (QED) is 0.456. The molecule has 0 aromatic carbocycles. The molecule has 2 aliphatic rings. The molecular weight excluding hydrogens is 536 g/mol. The summed E-state index contributed by atoms with van der Waals surface area (Å²) in [6.45, 7) is 1.34. The zero-order chi connectivity index (χ0) is 13.7. The minimum Gasteiger partial charge on any atom is -0.467 e. The number of carbonyl (C=O) groups excluding carboxylic acids is 1. The summed E-state index contributed by atoms with van der Waals surface area (Å²) in [4.78, 5) is 15.3. The number of halogens is 2. The Labute approximate surface area is 114 Å². The van der Waals surface area contributed by atoms with E-state index in [0.29, 0.717) is 18.2 Å². The first kappa shape index (κ1) is 16.0. The molecule has 1 aliphatic heterocycles. The smallest absolute Gasteiger partial charge is 0.219 e. The number of hydrogen-bond donors (Lipinski definition) is 1.